The lowest BCUT2D eigenvalue weighted by atomic mass is 9.96. The van der Waals surface area contributed by atoms with Crippen molar-refractivity contribution in [1.82, 2.24) is 20.0 Å². The van der Waals surface area contributed by atoms with E-state index in [9.17, 15) is 0 Å². The summed E-state index contributed by atoms with van der Waals surface area (Å²) in [7, 11) is 0. The Bertz CT molecular complexity index is 624. The molecule has 0 amide bonds. The number of likely N-dealkylation sites (tertiary alicyclic amines) is 2. The molecule has 136 valence electrons. The van der Waals surface area contributed by atoms with Crippen molar-refractivity contribution in [2.75, 3.05) is 32.7 Å². The lowest BCUT2D eigenvalue weighted by Gasteiger charge is -2.34. The zero-order chi connectivity index (χ0) is 16.9. The second kappa shape index (κ2) is 8.15. The van der Waals surface area contributed by atoms with Crippen LogP contribution < -0.4 is 0 Å². The molecule has 2 aliphatic heterocycles. The molecule has 2 fully saturated rings. The van der Waals surface area contributed by atoms with Gasteiger partial charge in [-0.05, 0) is 69.9 Å². The van der Waals surface area contributed by atoms with Gasteiger partial charge in [-0.3, -0.25) is 4.90 Å². The van der Waals surface area contributed by atoms with Crippen molar-refractivity contribution in [1.29, 1.82) is 0 Å². The molecule has 6 nitrogen and oxygen atoms in total. The van der Waals surface area contributed by atoms with Gasteiger partial charge in [-0.1, -0.05) is 12.8 Å². The van der Waals surface area contributed by atoms with E-state index in [0.717, 1.165) is 25.6 Å². The lowest BCUT2D eigenvalue weighted by Crippen LogP contribution is -2.38. The fourth-order valence-corrected chi connectivity index (χ4v) is 4.02. The molecule has 0 saturated carbocycles. The van der Waals surface area contributed by atoms with Gasteiger partial charge in [-0.25, -0.2) is 0 Å². The van der Waals surface area contributed by atoms with Crippen molar-refractivity contribution in [3.05, 3.63) is 24.3 Å². The zero-order valence-corrected chi connectivity index (χ0v) is 14.9. The second-order valence-electron chi connectivity index (χ2n) is 7.41. The third-order valence-corrected chi connectivity index (χ3v) is 5.48. The molecule has 0 spiro atoms. The molecule has 0 N–H and O–H groups in total. The quantitative estimate of drug-likeness (QED) is 0.828. The topological polar surface area (TPSA) is 58.5 Å². The molecule has 25 heavy (non-hydrogen) atoms. The van der Waals surface area contributed by atoms with Crippen LogP contribution in [0.2, 0.25) is 0 Å². The molecule has 2 aliphatic rings. The van der Waals surface area contributed by atoms with Crippen LogP contribution in [0.15, 0.2) is 27.2 Å². The van der Waals surface area contributed by atoms with Gasteiger partial charge in [0.1, 0.15) is 0 Å². The first kappa shape index (κ1) is 16.8. The van der Waals surface area contributed by atoms with Crippen LogP contribution in [0.25, 0.3) is 11.7 Å². The van der Waals surface area contributed by atoms with E-state index in [4.69, 9.17) is 8.83 Å². The Hall–Kier alpha value is -1.66. The van der Waals surface area contributed by atoms with Crippen LogP contribution in [-0.2, 0) is 6.54 Å². The molecule has 0 aromatic carbocycles. The Morgan fingerprint density at radius 1 is 0.960 bits per heavy atom. The summed E-state index contributed by atoms with van der Waals surface area (Å²) in [6.45, 7) is 6.88. The third-order valence-electron chi connectivity index (χ3n) is 5.48. The van der Waals surface area contributed by atoms with E-state index >= 15 is 0 Å². The van der Waals surface area contributed by atoms with Gasteiger partial charge < -0.3 is 13.7 Å². The van der Waals surface area contributed by atoms with Gasteiger partial charge in [0.15, 0.2) is 5.76 Å². The van der Waals surface area contributed by atoms with Gasteiger partial charge in [0, 0.05) is 6.54 Å². The molecule has 2 aromatic rings. The van der Waals surface area contributed by atoms with E-state index in [-0.39, 0.29) is 0 Å². The van der Waals surface area contributed by atoms with Crippen molar-refractivity contribution in [3.8, 4) is 11.7 Å². The van der Waals surface area contributed by atoms with Gasteiger partial charge in [0.25, 0.3) is 5.89 Å². The maximum atomic E-state index is 5.73. The standard InChI is InChI=1S/C19H28N4O2/c1-2-4-10-22(9-3-1)14-16-7-11-23(12-8-16)15-18-20-21-19(25-18)17-6-5-13-24-17/h5-6,13,16H,1-4,7-12,14-15H2. The van der Waals surface area contributed by atoms with E-state index in [0.29, 0.717) is 17.5 Å². The predicted molar refractivity (Wildman–Crippen MR) is 94.9 cm³/mol. The van der Waals surface area contributed by atoms with Crippen molar-refractivity contribution in [3.63, 3.8) is 0 Å². The summed E-state index contributed by atoms with van der Waals surface area (Å²) in [6, 6.07) is 3.67. The number of hydrogen-bond donors (Lipinski definition) is 0. The minimum Gasteiger partial charge on any atom is -0.459 e. The minimum atomic E-state index is 0.469. The maximum absolute atomic E-state index is 5.73. The average molecular weight is 344 g/mol. The highest BCUT2D eigenvalue weighted by Crippen LogP contribution is 2.23. The normalized spacial score (nSPS) is 21.4. The summed E-state index contributed by atoms with van der Waals surface area (Å²) < 4.78 is 11.0. The summed E-state index contributed by atoms with van der Waals surface area (Å²) in [5.41, 5.74) is 0. The molecule has 0 unspecified atom stereocenters. The van der Waals surface area contributed by atoms with E-state index in [1.54, 1.807) is 6.26 Å². The zero-order valence-electron chi connectivity index (χ0n) is 14.9. The largest absolute Gasteiger partial charge is 0.459 e. The average Bonchev–Trinajstić information content (AvgIpc) is 3.25. The van der Waals surface area contributed by atoms with Crippen LogP contribution in [0, 0.1) is 5.92 Å². The lowest BCUT2D eigenvalue weighted by molar-refractivity contribution is 0.133. The van der Waals surface area contributed by atoms with Gasteiger partial charge >= 0.3 is 0 Å². The molecule has 0 bridgehead atoms. The summed E-state index contributed by atoms with van der Waals surface area (Å²) in [5.74, 6) is 2.62. The molecule has 6 heteroatoms. The third kappa shape index (κ3) is 4.50. The SMILES string of the molecule is c1coc(-c2nnc(CN3CCC(CN4CCCCCC4)CC3)o2)c1. The molecule has 2 saturated heterocycles. The maximum Gasteiger partial charge on any atom is 0.283 e. The number of hydrogen-bond acceptors (Lipinski definition) is 6. The molecule has 4 heterocycles. The highest BCUT2D eigenvalue weighted by Gasteiger charge is 2.23. The first-order valence-corrected chi connectivity index (χ1v) is 9.68. The highest BCUT2D eigenvalue weighted by molar-refractivity contribution is 5.42. The van der Waals surface area contributed by atoms with Gasteiger partial charge in [-0.2, -0.15) is 0 Å². The summed E-state index contributed by atoms with van der Waals surface area (Å²) in [4.78, 5) is 5.12. The first-order valence-electron chi connectivity index (χ1n) is 9.68. The predicted octanol–water partition coefficient (Wildman–Crippen LogP) is 3.42. The van der Waals surface area contributed by atoms with Gasteiger partial charge in [0.05, 0.1) is 12.8 Å². The first-order chi connectivity index (χ1) is 12.4. The summed E-state index contributed by atoms with van der Waals surface area (Å²) in [6.07, 6.45) is 9.76. The summed E-state index contributed by atoms with van der Waals surface area (Å²) >= 11 is 0. The molecular weight excluding hydrogens is 316 g/mol. The molecule has 0 atom stereocenters. The second-order valence-corrected chi connectivity index (χ2v) is 7.41. The van der Waals surface area contributed by atoms with Gasteiger partial charge in [-0.15, -0.1) is 10.2 Å². The van der Waals surface area contributed by atoms with E-state index in [2.05, 4.69) is 20.0 Å². The van der Waals surface area contributed by atoms with E-state index < -0.39 is 0 Å². The van der Waals surface area contributed by atoms with Crippen molar-refractivity contribution < 1.29 is 8.83 Å². The van der Waals surface area contributed by atoms with Crippen LogP contribution in [0.3, 0.4) is 0 Å². The van der Waals surface area contributed by atoms with E-state index in [1.165, 1.54) is 58.2 Å². The minimum absolute atomic E-state index is 0.469. The van der Waals surface area contributed by atoms with Crippen molar-refractivity contribution >= 4 is 0 Å². The number of aromatic nitrogens is 2. The molecule has 0 aliphatic carbocycles. The fourth-order valence-electron chi connectivity index (χ4n) is 4.02. The number of piperidine rings is 1. The highest BCUT2D eigenvalue weighted by atomic mass is 16.4. The van der Waals surface area contributed by atoms with Crippen molar-refractivity contribution in [2.24, 2.45) is 5.92 Å². The Kier molecular flexibility index (Phi) is 5.47. The Labute approximate surface area is 149 Å². The number of furan rings is 1. The molecule has 0 radical (unpaired) electrons. The Balaban J connectivity index is 1.23. The molecular formula is C19H28N4O2. The van der Waals surface area contributed by atoms with Crippen molar-refractivity contribution in [2.45, 2.75) is 45.1 Å². The van der Waals surface area contributed by atoms with E-state index in [1.807, 2.05) is 12.1 Å². The fraction of sp³-hybridized carbons (Fsp3) is 0.684. The molecule has 4 rings (SSSR count). The molecule has 2 aromatic heterocycles. The summed E-state index contributed by atoms with van der Waals surface area (Å²) in [5, 5.41) is 8.24. The number of nitrogens with zero attached hydrogens (tertiary/aromatic N) is 4. The Morgan fingerprint density at radius 3 is 2.48 bits per heavy atom. The monoisotopic (exact) mass is 344 g/mol. The van der Waals surface area contributed by atoms with Crippen LogP contribution in [0.4, 0.5) is 0 Å². The van der Waals surface area contributed by atoms with Crippen LogP contribution in [-0.4, -0.2) is 52.7 Å². The Morgan fingerprint density at radius 2 is 1.76 bits per heavy atom. The van der Waals surface area contributed by atoms with Crippen LogP contribution in [0.5, 0.6) is 0 Å². The number of rotatable bonds is 5. The van der Waals surface area contributed by atoms with Crippen LogP contribution >= 0.6 is 0 Å². The van der Waals surface area contributed by atoms with Gasteiger partial charge in [0.2, 0.25) is 5.89 Å². The smallest absolute Gasteiger partial charge is 0.283 e. The van der Waals surface area contributed by atoms with Crippen LogP contribution in [0.1, 0.15) is 44.4 Å².